The van der Waals surface area contributed by atoms with Gasteiger partial charge in [0.25, 0.3) is 0 Å². The standard InChI is InChI=1S/C14H15ClF3N3O2/c1-4-7(3)20-10(5-2)19-9-6-8(14(16,17)18)11(15)13(12(9)20)21(22)23/h6-7H,4-5H2,1-3H3. The smallest absolute Gasteiger partial charge is 0.319 e. The van der Waals surface area contributed by atoms with Gasteiger partial charge in [0.05, 0.1) is 16.0 Å². The Morgan fingerprint density at radius 1 is 1.43 bits per heavy atom. The van der Waals surface area contributed by atoms with Crippen LogP contribution < -0.4 is 0 Å². The van der Waals surface area contributed by atoms with Gasteiger partial charge in [-0.1, -0.05) is 25.4 Å². The molecular weight excluding hydrogens is 335 g/mol. The van der Waals surface area contributed by atoms with Crippen LogP contribution in [-0.2, 0) is 12.6 Å². The van der Waals surface area contributed by atoms with Crippen LogP contribution in [0.25, 0.3) is 11.0 Å². The third-order valence-corrected chi connectivity index (χ3v) is 4.18. The van der Waals surface area contributed by atoms with Gasteiger partial charge in [-0.25, -0.2) is 4.98 Å². The van der Waals surface area contributed by atoms with Gasteiger partial charge in [0.15, 0.2) is 0 Å². The summed E-state index contributed by atoms with van der Waals surface area (Å²) in [5.41, 5.74) is -2.01. The lowest BCUT2D eigenvalue weighted by Gasteiger charge is -2.16. The van der Waals surface area contributed by atoms with Crippen molar-refractivity contribution in [2.75, 3.05) is 0 Å². The molecule has 0 aliphatic heterocycles. The predicted molar refractivity (Wildman–Crippen MR) is 80.8 cm³/mol. The van der Waals surface area contributed by atoms with Gasteiger partial charge in [-0.2, -0.15) is 13.2 Å². The van der Waals surface area contributed by atoms with Crippen molar-refractivity contribution in [2.45, 2.75) is 45.8 Å². The number of aromatic nitrogens is 2. The third kappa shape index (κ3) is 2.87. The first-order valence-corrected chi connectivity index (χ1v) is 7.46. The van der Waals surface area contributed by atoms with E-state index in [1.54, 1.807) is 11.5 Å². The highest BCUT2D eigenvalue weighted by Crippen LogP contribution is 2.44. The molecule has 0 fully saturated rings. The SMILES string of the molecule is CCc1nc2cc(C(F)(F)F)c(Cl)c([N+](=O)[O-])c2n1C(C)CC. The van der Waals surface area contributed by atoms with Gasteiger partial charge < -0.3 is 4.57 Å². The number of rotatable bonds is 4. The van der Waals surface area contributed by atoms with Crippen molar-refractivity contribution in [3.8, 4) is 0 Å². The second-order valence-electron chi connectivity index (χ2n) is 5.22. The zero-order valence-corrected chi connectivity index (χ0v) is 13.5. The molecule has 0 aliphatic rings. The zero-order chi connectivity index (χ0) is 17.5. The lowest BCUT2D eigenvalue weighted by atomic mass is 10.1. The first kappa shape index (κ1) is 17.5. The average molecular weight is 350 g/mol. The highest BCUT2D eigenvalue weighted by molar-refractivity contribution is 6.34. The molecule has 2 aromatic rings. The van der Waals surface area contributed by atoms with Crippen LogP contribution in [0.1, 0.15) is 44.6 Å². The van der Waals surface area contributed by atoms with Gasteiger partial charge >= 0.3 is 11.9 Å². The van der Waals surface area contributed by atoms with Crippen LogP contribution in [0.2, 0.25) is 5.02 Å². The zero-order valence-electron chi connectivity index (χ0n) is 12.7. The van der Waals surface area contributed by atoms with Crippen LogP contribution in [0.3, 0.4) is 0 Å². The first-order valence-electron chi connectivity index (χ1n) is 7.08. The van der Waals surface area contributed by atoms with Crippen LogP contribution in [0, 0.1) is 10.1 Å². The molecule has 5 nitrogen and oxygen atoms in total. The van der Waals surface area contributed by atoms with Crippen molar-refractivity contribution in [3.05, 3.63) is 32.6 Å². The first-order chi connectivity index (χ1) is 10.6. The van der Waals surface area contributed by atoms with Crippen molar-refractivity contribution < 1.29 is 18.1 Å². The fourth-order valence-electron chi connectivity index (χ4n) is 2.55. The van der Waals surface area contributed by atoms with Crippen molar-refractivity contribution in [3.63, 3.8) is 0 Å². The Morgan fingerprint density at radius 2 is 2.04 bits per heavy atom. The summed E-state index contributed by atoms with van der Waals surface area (Å²) >= 11 is 5.74. The van der Waals surface area contributed by atoms with Crippen molar-refractivity contribution in [1.82, 2.24) is 9.55 Å². The Bertz CT molecular complexity index is 771. The van der Waals surface area contributed by atoms with Crippen LogP contribution in [0.5, 0.6) is 0 Å². The Morgan fingerprint density at radius 3 is 2.48 bits per heavy atom. The van der Waals surface area contributed by atoms with E-state index in [9.17, 15) is 23.3 Å². The molecule has 0 amide bonds. The number of nitrogens with zero attached hydrogens (tertiary/aromatic N) is 3. The van der Waals surface area contributed by atoms with E-state index in [1.807, 2.05) is 13.8 Å². The Balaban J connectivity index is 3.00. The normalized spacial score (nSPS) is 13.5. The molecule has 0 N–H and O–H groups in total. The van der Waals surface area contributed by atoms with Crippen molar-refractivity contribution in [1.29, 1.82) is 0 Å². The minimum atomic E-state index is -4.79. The summed E-state index contributed by atoms with van der Waals surface area (Å²) in [7, 11) is 0. The van der Waals surface area contributed by atoms with E-state index in [2.05, 4.69) is 4.98 Å². The van der Waals surface area contributed by atoms with E-state index < -0.39 is 27.4 Å². The second kappa shape index (κ2) is 5.99. The number of hydrogen-bond acceptors (Lipinski definition) is 3. The number of nitro benzene ring substituents is 1. The van der Waals surface area contributed by atoms with Crippen molar-refractivity contribution >= 4 is 28.3 Å². The molecule has 0 bridgehead atoms. The number of benzene rings is 1. The maximum Gasteiger partial charge on any atom is 0.418 e. The summed E-state index contributed by atoms with van der Waals surface area (Å²) < 4.78 is 40.9. The van der Waals surface area contributed by atoms with E-state index in [4.69, 9.17) is 11.6 Å². The summed E-state index contributed by atoms with van der Waals surface area (Å²) in [5, 5.41) is 10.5. The minimum Gasteiger partial charge on any atom is -0.319 e. The molecular formula is C14H15ClF3N3O2. The predicted octanol–water partition coefficient (Wildman–Crippen LogP) is 5.15. The van der Waals surface area contributed by atoms with Gasteiger partial charge in [-0.05, 0) is 19.4 Å². The molecule has 0 radical (unpaired) electrons. The number of alkyl halides is 3. The number of aryl methyl sites for hydroxylation is 1. The number of fused-ring (bicyclic) bond motifs is 1. The molecule has 1 unspecified atom stereocenters. The highest BCUT2D eigenvalue weighted by Gasteiger charge is 2.39. The molecule has 0 spiro atoms. The number of halogens is 4. The van der Waals surface area contributed by atoms with Crippen LogP contribution >= 0.6 is 11.6 Å². The summed E-state index contributed by atoms with van der Waals surface area (Å²) in [6.07, 6.45) is -3.70. The lowest BCUT2D eigenvalue weighted by molar-refractivity contribution is -0.383. The molecule has 0 aliphatic carbocycles. The lowest BCUT2D eigenvalue weighted by Crippen LogP contribution is -2.11. The van der Waals surface area contributed by atoms with Crippen molar-refractivity contribution in [2.24, 2.45) is 0 Å². The maximum absolute atomic E-state index is 13.1. The average Bonchev–Trinajstić information content (AvgIpc) is 2.82. The number of nitro groups is 1. The molecule has 1 aromatic heterocycles. The molecule has 1 heterocycles. The molecule has 0 saturated heterocycles. The van der Waals surface area contributed by atoms with Gasteiger partial charge in [0.2, 0.25) is 0 Å². The summed E-state index contributed by atoms with van der Waals surface area (Å²) in [6, 6.07) is 0.629. The van der Waals surface area contributed by atoms with Gasteiger partial charge in [-0.15, -0.1) is 0 Å². The summed E-state index contributed by atoms with van der Waals surface area (Å²) in [4.78, 5) is 14.7. The van der Waals surface area contributed by atoms with Crippen LogP contribution in [0.15, 0.2) is 6.07 Å². The molecule has 1 atom stereocenters. The largest absolute Gasteiger partial charge is 0.418 e. The Kier molecular flexibility index (Phi) is 4.57. The van der Waals surface area contributed by atoms with Gasteiger partial charge in [-0.3, -0.25) is 10.1 Å². The number of hydrogen-bond donors (Lipinski definition) is 0. The maximum atomic E-state index is 13.1. The molecule has 1 aromatic carbocycles. The number of imidazole rings is 1. The van der Waals surface area contributed by atoms with E-state index in [0.29, 0.717) is 18.7 Å². The molecule has 9 heteroatoms. The summed E-state index contributed by atoms with van der Waals surface area (Å²) in [5.74, 6) is 0.493. The van der Waals surface area contributed by atoms with E-state index in [0.717, 1.165) is 6.07 Å². The third-order valence-electron chi connectivity index (χ3n) is 3.80. The Labute approximate surface area is 135 Å². The fraction of sp³-hybridized carbons (Fsp3) is 0.500. The second-order valence-corrected chi connectivity index (χ2v) is 5.60. The highest BCUT2D eigenvalue weighted by atomic mass is 35.5. The van der Waals surface area contributed by atoms with Gasteiger partial charge in [0.1, 0.15) is 16.4 Å². The van der Waals surface area contributed by atoms with E-state index in [1.165, 1.54) is 0 Å². The van der Waals surface area contributed by atoms with Crippen LogP contribution in [-0.4, -0.2) is 14.5 Å². The molecule has 0 saturated carbocycles. The Hall–Kier alpha value is -1.83. The topological polar surface area (TPSA) is 61.0 Å². The van der Waals surface area contributed by atoms with E-state index in [-0.39, 0.29) is 17.1 Å². The molecule has 126 valence electrons. The quantitative estimate of drug-likeness (QED) is 0.566. The summed E-state index contributed by atoms with van der Waals surface area (Å²) in [6.45, 7) is 5.50. The minimum absolute atomic E-state index is 0.0409. The van der Waals surface area contributed by atoms with Gasteiger partial charge in [0, 0.05) is 12.5 Å². The van der Waals surface area contributed by atoms with E-state index >= 15 is 0 Å². The van der Waals surface area contributed by atoms with Crippen LogP contribution in [0.4, 0.5) is 18.9 Å². The molecule has 2 rings (SSSR count). The monoisotopic (exact) mass is 349 g/mol. The molecule has 23 heavy (non-hydrogen) atoms. The fourth-order valence-corrected chi connectivity index (χ4v) is 2.87.